The summed E-state index contributed by atoms with van der Waals surface area (Å²) < 4.78 is 15.4. The molecule has 0 radical (unpaired) electrons. The molecule has 1 N–H and O–H groups in total. The minimum Gasteiger partial charge on any atom is -0.345 e. The number of rotatable bonds is 9. The zero-order valence-electron chi connectivity index (χ0n) is 23.2. The Labute approximate surface area is 256 Å². The van der Waals surface area contributed by atoms with Crippen molar-refractivity contribution in [2.75, 3.05) is 5.75 Å². The number of halogens is 1. The second-order valence-electron chi connectivity index (χ2n) is 9.94. The first-order valence-electron chi connectivity index (χ1n) is 13.6. The molecule has 1 aliphatic rings. The maximum absolute atomic E-state index is 13.7. The molecule has 0 unspecified atom stereocenters. The minimum absolute atomic E-state index is 0.0574. The molecule has 1 atom stereocenters. The van der Waals surface area contributed by atoms with E-state index in [0.717, 1.165) is 27.4 Å². The summed E-state index contributed by atoms with van der Waals surface area (Å²) in [6.45, 7) is 2.09. The van der Waals surface area contributed by atoms with Gasteiger partial charge in [0.05, 0.1) is 28.9 Å². The largest absolute Gasteiger partial charge is 0.345 e. The molecule has 3 aromatic carbocycles. The van der Waals surface area contributed by atoms with Crippen LogP contribution in [0.25, 0.3) is 5.69 Å². The number of hydrogen-bond acceptors (Lipinski definition) is 7. The summed E-state index contributed by atoms with van der Waals surface area (Å²) in [6.07, 6.45) is 0.634. The smallest absolute Gasteiger partial charge is 0.253 e. The normalized spacial score (nSPS) is 14.5. The number of carbonyl (C=O) groups is 2. The molecule has 0 spiro atoms. The van der Waals surface area contributed by atoms with Gasteiger partial charge >= 0.3 is 0 Å². The molecule has 0 aliphatic carbocycles. The third kappa shape index (κ3) is 6.42. The van der Waals surface area contributed by atoms with Crippen molar-refractivity contribution in [2.24, 2.45) is 5.10 Å². The molecule has 0 bridgehead atoms. The lowest BCUT2D eigenvalue weighted by Crippen LogP contribution is -2.28. The molecule has 1 aliphatic heterocycles. The molecular formula is C32H27FN6O2S2. The van der Waals surface area contributed by atoms with Crippen LogP contribution in [-0.2, 0) is 11.3 Å². The third-order valence-corrected chi connectivity index (χ3v) is 8.80. The van der Waals surface area contributed by atoms with Crippen LogP contribution >= 0.6 is 23.1 Å². The second-order valence-corrected chi connectivity index (χ2v) is 11.8. The molecule has 11 heteroatoms. The average Bonchev–Trinajstić information content (AvgIpc) is 3.80. The van der Waals surface area contributed by atoms with Crippen molar-refractivity contribution in [3.63, 3.8) is 0 Å². The lowest BCUT2D eigenvalue weighted by atomic mass is 10.00. The molecule has 2 aromatic heterocycles. The summed E-state index contributed by atoms with van der Waals surface area (Å²) in [4.78, 5) is 27.4. The maximum atomic E-state index is 13.7. The van der Waals surface area contributed by atoms with E-state index in [4.69, 9.17) is 5.10 Å². The predicted octanol–water partition coefficient (Wildman–Crippen LogP) is 6.18. The van der Waals surface area contributed by atoms with E-state index >= 15 is 0 Å². The second kappa shape index (κ2) is 12.7. The number of aromatic nitrogens is 3. The molecule has 5 aromatic rings. The van der Waals surface area contributed by atoms with Crippen LogP contribution < -0.4 is 5.32 Å². The highest BCUT2D eigenvalue weighted by molar-refractivity contribution is 7.99. The van der Waals surface area contributed by atoms with Gasteiger partial charge in [0.1, 0.15) is 5.82 Å². The van der Waals surface area contributed by atoms with Crippen LogP contribution in [0.15, 0.2) is 107 Å². The Morgan fingerprint density at radius 2 is 1.81 bits per heavy atom. The SMILES string of the molecule is Cc1ccc([C@@H]2CC(c3cccs3)=NN2C(=O)CSc2nnc(CNC(=O)c3cccc(F)c3)n2-c2ccccc2)cc1. The van der Waals surface area contributed by atoms with Crippen LogP contribution in [0.5, 0.6) is 0 Å². The van der Waals surface area contributed by atoms with E-state index in [1.54, 1.807) is 22.4 Å². The summed E-state index contributed by atoms with van der Waals surface area (Å²) in [6, 6.07) is 27.0. The molecule has 2 amide bonds. The summed E-state index contributed by atoms with van der Waals surface area (Å²) >= 11 is 2.87. The van der Waals surface area contributed by atoms with Gasteiger partial charge in [0.25, 0.3) is 11.8 Å². The molecule has 6 rings (SSSR count). The molecular weight excluding hydrogens is 584 g/mol. The number of amides is 2. The zero-order chi connectivity index (χ0) is 29.8. The molecule has 3 heterocycles. The molecule has 216 valence electrons. The summed E-state index contributed by atoms with van der Waals surface area (Å²) in [5.74, 6) is -0.502. The Balaban J connectivity index is 1.22. The van der Waals surface area contributed by atoms with Gasteiger partial charge in [-0.3, -0.25) is 14.2 Å². The van der Waals surface area contributed by atoms with Crippen LogP contribution in [0, 0.1) is 12.7 Å². The van der Waals surface area contributed by atoms with E-state index in [9.17, 15) is 14.0 Å². The fourth-order valence-corrected chi connectivity index (χ4v) is 6.35. The Hall–Kier alpha value is -4.61. The van der Waals surface area contributed by atoms with Gasteiger partial charge in [0.15, 0.2) is 11.0 Å². The van der Waals surface area contributed by atoms with Gasteiger partial charge in [-0.1, -0.05) is 71.9 Å². The van der Waals surface area contributed by atoms with Crippen LogP contribution in [-0.4, -0.2) is 43.1 Å². The Morgan fingerprint density at radius 3 is 2.56 bits per heavy atom. The molecule has 0 saturated heterocycles. The number of thiophene rings is 1. The number of nitrogens with zero attached hydrogens (tertiary/aromatic N) is 5. The number of hydrogen-bond donors (Lipinski definition) is 1. The van der Waals surface area contributed by atoms with Crippen molar-refractivity contribution in [1.82, 2.24) is 25.1 Å². The number of hydrazone groups is 1. The van der Waals surface area contributed by atoms with E-state index in [2.05, 4.69) is 27.6 Å². The van der Waals surface area contributed by atoms with Crippen LogP contribution in [0.2, 0.25) is 0 Å². The lowest BCUT2D eigenvalue weighted by Gasteiger charge is -2.22. The molecule has 0 saturated carbocycles. The summed E-state index contributed by atoms with van der Waals surface area (Å²) in [5, 5.41) is 20.3. The standard InChI is InChI=1S/C32H27FN6O2S2/c1-21-12-14-22(15-13-21)27-18-26(28-11-6-16-42-28)37-39(27)30(40)20-43-32-36-35-29(38(32)25-9-3-2-4-10-25)19-34-31(41)23-7-5-8-24(33)17-23/h2-17,27H,18-20H2,1H3,(H,34,41)/t27-/m0/s1. The van der Waals surface area contributed by atoms with Gasteiger partial charge in [-0.05, 0) is 54.3 Å². The van der Waals surface area contributed by atoms with Crippen molar-refractivity contribution in [3.05, 3.63) is 130 Å². The highest BCUT2D eigenvalue weighted by Gasteiger charge is 2.33. The number of nitrogens with one attached hydrogen (secondary N) is 1. The maximum Gasteiger partial charge on any atom is 0.253 e. The fraction of sp³-hybridized carbons (Fsp3) is 0.156. The van der Waals surface area contributed by atoms with Gasteiger partial charge in [-0.25, -0.2) is 9.40 Å². The quantitative estimate of drug-likeness (QED) is 0.201. The van der Waals surface area contributed by atoms with Crippen LogP contribution in [0.1, 0.15) is 44.6 Å². The Morgan fingerprint density at radius 1 is 1.00 bits per heavy atom. The number of aryl methyl sites for hydroxylation is 1. The minimum atomic E-state index is -0.488. The van der Waals surface area contributed by atoms with E-state index in [1.165, 1.54) is 30.0 Å². The Bertz CT molecular complexity index is 1770. The van der Waals surface area contributed by atoms with Crippen molar-refractivity contribution in [3.8, 4) is 5.69 Å². The topological polar surface area (TPSA) is 92.5 Å². The number of carbonyl (C=O) groups excluding carboxylic acids is 2. The Kier molecular flexibility index (Phi) is 8.43. The van der Waals surface area contributed by atoms with Crippen LogP contribution in [0.4, 0.5) is 4.39 Å². The van der Waals surface area contributed by atoms with Gasteiger partial charge in [-0.2, -0.15) is 5.10 Å². The van der Waals surface area contributed by atoms with Crippen molar-refractivity contribution in [2.45, 2.75) is 31.1 Å². The van der Waals surface area contributed by atoms with Crippen molar-refractivity contribution in [1.29, 1.82) is 0 Å². The zero-order valence-corrected chi connectivity index (χ0v) is 24.8. The van der Waals surface area contributed by atoms with Gasteiger partial charge < -0.3 is 5.32 Å². The molecule has 43 heavy (non-hydrogen) atoms. The van der Waals surface area contributed by atoms with Crippen molar-refractivity contribution < 1.29 is 14.0 Å². The number of thioether (sulfide) groups is 1. The molecule has 0 fully saturated rings. The third-order valence-electron chi connectivity index (χ3n) is 6.97. The summed E-state index contributed by atoms with van der Waals surface area (Å²) in [5.41, 5.74) is 4.07. The van der Waals surface area contributed by atoms with E-state index in [1.807, 2.05) is 71.5 Å². The van der Waals surface area contributed by atoms with E-state index in [-0.39, 0.29) is 29.8 Å². The van der Waals surface area contributed by atoms with Gasteiger partial charge in [-0.15, -0.1) is 21.5 Å². The fourth-order valence-electron chi connectivity index (χ4n) is 4.81. The first kappa shape index (κ1) is 28.5. The monoisotopic (exact) mass is 610 g/mol. The van der Waals surface area contributed by atoms with Gasteiger partial charge in [0, 0.05) is 17.7 Å². The van der Waals surface area contributed by atoms with E-state index in [0.29, 0.717) is 17.4 Å². The van der Waals surface area contributed by atoms with Gasteiger partial charge in [0.2, 0.25) is 0 Å². The highest BCUT2D eigenvalue weighted by Crippen LogP contribution is 2.35. The van der Waals surface area contributed by atoms with E-state index < -0.39 is 11.7 Å². The first-order valence-corrected chi connectivity index (χ1v) is 15.5. The molecule has 8 nitrogen and oxygen atoms in total. The first-order chi connectivity index (χ1) is 21.0. The lowest BCUT2D eigenvalue weighted by molar-refractivity contribution is -0.130. The number of benzene rings is 3. The number of para-hydroxylation sites is 1. The summed E-state index contributed by atoms with van der Waals surface area (Å²) in [7, 11) is 0. The highest BCUT2D eigenvalue weighted by atomic mass is 32.2. The predicted molar refractivity (Wildman–Crippen MR) is 166 cm³/mol. The van der Waals surface area contributed by atoms with Crippen molar-refractivity contribution >= 4 is 40.6 Å². The van der Waals surface area contributed by atoms with Crippen LogP contribution in [0.3, 0.4) is 0 Å². The average molecular weight is 611 g/mol.